The number of nitrogens with zero attached hydrogens (tertiary/aromatic N) is 1. The molecular formula is C13H27NO3. The van der Waals surface area contributed by atoms with E-state index in [9.17, 15) is 4.79 Å². The molecule has 0 rings (SSSR count). The number of amides is 1. The van der Waals surface area contributed by atoms with Gasteiger partial charge >= 0.3 is 6.09 Å². The molecule has 0 saturated heterocycles. The Morgan fingerprint density at radius 2 is 1.71 bits per heavy atom. The maximum absolute atomic E-state index is 12.0. The van der Waals surface area contributed by atoms with Crippen molar-refractivity contribution in [3.05, 3.63) is 0 Å². The summed E-state index contributed by atoms with van der Waals surface area (Å²) < 4.78 is 10.3. The van der Waals surface area contributed by atoms with Gasteiger partial charge in [-0.15, -0.1) is 0 Å². The van der Waals surface area contributed by atoms with Gasteiger partial charge in [-0.3, -0.25) is 0 Å². The molecular weight excluding hydrogens is 218 g/mol. The van der Waals surface area contributed by atoms with E-state index in [1.54, 1.807) is 4.90 Å². The van der Waals surface area contributed by atoms with E-state index in [0.717, 1.165) is 12.8 Å². The minimum Gasteiger partial charge on any atom is -0.447 e. The topological polar surface area (TPSA) is 38.8 Å². The Labute approximate surface area is 105 Å². The zero-order valence-electron chi connectivity index (χ0n) is 11.9. The van der Waals surface area contributed by atoms with Crippen LogP contribution in [-0.2, 0) is 9.47 Å². The number of rotatable bonds is 8. The van der Waals surface area contributed by atoms with Crippen LogP contribution in [0.4, 0.5) is 4.79 Å². The Morgan fingerprint density at radius 3 is 2.12 bits per heavy atom. The van der Waals surface area contributed by atoms with Crippen molar-refractivity contribution in [1.29, 1.82) is 0 Å². The average molecular weight is 245 g/mol. The van der Waals surface area contributed by atoms with Gasteiger partial charge in [-0.25, -0.2) is 4.79 Å². The van der Waals surface area contributed by atoms with Crippen LogP contribution in [0.1, 0.15) is 47.5 Å². The van der Waals surface area contributed by atoms with Gasteiger partial charge in [0.2, 0.25) is 0 Å². The minimum atomic E-state index is -0.238. The Hall–Kier alpha value is -0.770. The summed E-state index contributed by atoms with van der Waals surface area (Å²) in [6, 6.07) is 0. The van der Waals surface area contributed by atoms with Crippen molar-refractivity contribution in [2.75, 3.05) is 26.4 Å². The summed E-state index contributed by atoms with van der Waals surface area (Å²) in [6.45, 7) is 12.3. The third-order valence-corrected chi connectivity index (χ3v) is 3.37. The fourth-order valence-electron chi connectivity index (χ4n) is 1.77. The first-order chi connectivity index (χ1) is 8.05. The molecule has 0 aliphatic carbocycles. The van der Waals surface area contributed by atoms with E-state index >= 15 is 0 Å². The number of carbonyl (C=O) groups is 1. The standard InChI is InChI=1S/C13H27NO3/c1-6-13(5,7-2)14(8-3)12(15)17-11-10-16-9-4/h6-11H2,1-5H3. The molecule has 0 aliphatic heterocycles. The molecule has 0 heterocycles. The molecule has 4 nitrogen and oxygen atoms in total. The van der Waals surface area contributed by atoms with Crippen LogP contribution >= 0.6 is 0 Å². The van der Waals surface area contributed by atoms with Crippen LogP contribution in [0.25, 0.3) is 0 Å². The molecule has 0 saturated carbocycles. The summed E-state index contributed by atoms with van der Waals surface area (Å²) in [5, 5.41) is 0. The average Bonchev–Trinajstić information content (AvgIpc) is 2.35. The van der Waals surface area contributed by atoms with E-state index in [2.05, 4.69) is 20.8 Å². The summed E-state index contributed by atoms with van der Waals surface area (Å²) in [6.07, 6.45) is 1.62. The third-order valence-electron chi connectivity index (χ3n) is 3.37. The molecule has 0 N–H and O–H groups in total. The quantitative estimate of drug-likeness (QED) is 0.617. The molecule has 102 valence electrons. The fourth-order valence-corrected chi connectivity index (χ4v) is 1.77. The molecule has 0 atom stereocenters. The summed E-state index contributed by atoms with van der Waals surface area (Å²) in [4.78, 5) is 13.8. The van der Waals surface area contributed by atoms with Crippen LogP contribution in [0, 0.1) is 0 Å². The summed E-state index contributed by atoms with van der Waals surface area (Å²) in [5.41, 5.74) is -0.114. The second kappa shape index (κ2) is 8.34. The predicted molar refractivity (Wildman–Crippen MR) is 69.2 cm³/mol. The fraction of sp³-hybridized carbons (Fsp3) is 0.923. The van der Waals surface area contributed by atoms with Crippen LogP contribution in [0.3, 0.4) is 0 Å². The van der Waals surface area contributed by atoms with Crippen LogP contribution in [0.15, 0.2) is 0 Å². The van der Waals surface area contributed by atoms with Crippen molar-refractivity contribution in [2.45, 2.75) is 53.0 Å². The van der Waals surface area contributed by atoms with Gasteiger partial charge in [0, 0.05) is 18.7 Å². The molecule has 0 bridgehead atoms. The molecule has 0 aromatic rings. The maximum Gasteiger partial charge on any atom is 0.410 e. The first-order valence-corrected chi connectivity index (χ1v) is 6.57. The lowest BCUT2D eigenvalue weighted by molar-refractivity contribution is 0.0322. The van der Waals surface area contributed by atoms with Gasteiger partial charge in [-0.1, -0.05) is 13.8 Å². The number of hydrogen-bond donors (Lipinski definition) is 0. The zero-order valence-corrected chi connectivity index (χ0v) is 11.9. The molecule has 0 fully saturated rings. The van der Waals surface area contributed by atoms with Crippen LogP contribution in [0.2, 0.25) is 0 Å². The monoisotopic (exact) mass is 245 g/mol. The van der Waals surface area contributed by atoms with Crippen molar-refractivity contribution in [3.8, 4) is 0 Å². The maximum atomic E-state index is 12.0. The van der Waals surface area contributed by atoms with Crippen molar-refractivity contribution in [2.24, 2.45) is 0 Å². The summed E-state index contributed by atoms with van der Waals surface area (Å²) in [7, 11) is 0. The number of ether oxygens (including phenoxy) is 2. The Bertz CT molecular complexity index is 215. The molecule has 0 aliphatic rings. The number of hydrogen-bond acceptors (Lipinski definition) is 3. The van der Waals surface area contributed by atoms with Crippen LogP contribution < -0.4 is 0 Å². The van der Waals surface area contributed by atoms with Gasteiger partial charge < -0.3 is 14.4 Å². The molecule has 0 aromatic heterocycles. The normalized spacial score (nSPS) is 11.4. The first-order valence-electron chi connectivity index (χ1n) is 6.57. The van der Waals surface area contributed by atoms with Crippen molar-refractivity contribution in [1.82, 2.24) is 4.90 Å². The van der Waals surface area contributed by atoms with E-state index in [-0.39, 0.29) is 11.6 Å². The number of carbonyl (C=O) groups excluding carboxylic acids is 1. The summed E-state index contributed by atoms with van der Waals surface area (Å²) >= 11 is 0. The van der Waals surface area contributed by atoms with E-state index in [1.165, 1.54) is 0 Å². The Morgan fingerprint density at radius 1 is 1.12 bits per heavy atom. The molecule has 0 unspecified atom stereocenters. The van der Waals surface area contributed by atoms with Crippen LogP contribution in [0.5, 0.6) is 0 Å². The van der Waals surface area contributed by atoms with Crippen molar-refractivity contribution < 1.29 is 14.3 Å². The zero-order chi connectivity index (χ0) is 13.3. The van der Waals surface area contributed by atoms with E-state index in [1.807, 2.05) is 13.8 Å². The SMILES string of the molecule is CCOCCOC(=O)N(CC)C(C)(CC)CC. The van der Waals surface area contributed by atoms with E-state index in [4.69, 9.17) is 9.47 Å². The van der Waals surface area contributed by atoms with Crippen molar-refractivity contribution >= 4 is 6.09 Å². The van der Waals surface area contributed by atoms with E-state index < -0.39 is 0 Å². The highest BCUT2D eigenvalue weighted by Gasteiger charge is 2.31. The van der Waals surface area contributed by atoms with Gasteiger partial charge in [0.05, 0.1) is 6.61 Å². The molecule has 0 aromatic carbocycles. The second-order valence-electron chi connectivity index (χ2n) is 4.26. The largest absolute Gasteiger partial charge is 0.447 e. The molecule has 1 amide bonds. The Kier molecular flexibility index (Phi) is 7.96. The second-order valence-corrected chi connectivity index (χ2v) is 4.26. The minimum absolute atomic E-state index is 0.114. The van der Waals surface area contributed by atoms with Gasteiger partial charge in [0.15, 0.2) is 0 Å². The highest BCUT2D eigenvalue weighted by Crippen LogP contribution is 2.23. The molecule has 0 spiro atoms. The molecule has 4 heteroatoms. The molecule has 0 radical (unpaired) electrons. The highest BCUT2D eigenvalue weighted by molar-refractivity contribution is 5.68. The van der Waals surface area contributed by atoms with Gasteiger partial charge in [-0.2, -0.15) is 0 Å². The summed E-state index contributed by atoms with van der Waals surface area (Å²) in [5.74, 6) is 0. The van der Waals surface area contributed by atoms with Gasteiger partial charge in [0.25, 0.3) is 0 Å². The predicted octanol–water partition coefficient (Wildman–Crippen LogP) is 3.06. The highest BCUT2D eigenvalue weighted by atomic mass is 16.6. The molecule has 17 heavy (non-hydrogen) atoms. The van der Waals surface area contributed by atoms with E-state index in [0.29, 0.717) is 26.4 Å². The lowest BCUT2D eigenvalue weighted by Gasteiger charge is -2.38. The smallest absolute Gasteiger partial charge is 0.410 e. The van der Waals surface area contributed by atoms with Gasteiger partial charge in [-0.05, 0) is 33.6 Å². The van der Waals surface area contributed by atoms with Gasteiger partial charge in [0.1, 0.15) is 6.61 Å². The Balaban J connectivity index is 4.30. The lowest BCUT2D eigenvalue weighted by Crippen LogP contribution is -2.49. The van der Waals surface area contributed by atoms with Crippen molar-refractivity contribution in [3.63, 3.8) is 0 Å². The first kappa shape index (κ1) is 16.2. The lowest BCUT2D eigenvalue weighted by atomic mass is 9.93. The van der Waals surface area contributed by atoms with Crippen LogP contribution in [-0.4, -0.2) is 42.9 Å². The third kappa shape index (κ3) is 4.94.